The molecule has 9 nitrogen and oxygen atoms in total. The SMILES string of the molecule is CC(NC(=O)CCN1CCN(S(=O)(=O)c2ccc(C(N)=O)o2)CC1)c1ccccc1. The molecular formula is C20H26N4O5S. The summed E-state index contributed by atoms with van der Waals surface area (Å²) in [7, 11) is -3.82. The third kappa shape index (κ3) is 5.26. The molecule has 0 saturated carbocycles. The first-order chi connectivity index (χ1) is 14.3. The molecular weight excluding hydrogens is 408 g/mol. The first kappa shape index (κ1) is 22.0. The van der Waals surface area contributed by atoms with Crippen molar-refractivity contribution < 1.29 is 22.4 Å². The van der Waals surface area contributed by atoms with Crippen molar-refractivity contribution in [3.8, 4) is 0 Å². The fraction of sp³-hybridized carbons (Fsp3) is 0.400. The third-order valence-electron chi connectivity index (χ3n) is 5.08. The molecule has 0 spiro atoms. The Hall–Kier alpha value is -2.69. The molecule has 1 unspecified atom stereocenters. The molecule has 162 valence electrons. The van der Waals surface area contributed by atoms with Gasteiger partial charge in [-0.1, -0.05) is 30.3 Å². The number of hydrogen-bond donors (Lipinski definition) is 2. The van der Waals surface area contributed by atoms with E-state index in [-0.39, 0.29) is 35.9 Å². The lowest BCUT2D eigenvalue weighted by Crippen LogP contribution is -2.49. The van der Waals surface area contributed by atoms with E-state index in [1.165, 1.54) is 16.4 Å². The zero-order chi connectivity index (χ0) is 21.7. The molecule has 10 heteroatoms. The fourth-order valence-electron chi connectivity index (χ4n) is 3.31. The lowest BCUT2D eigenvalue weighted by molar-refractivity contribution is -0.122. The highest BCUT2D eigenvalue weighted by Crippen LogP contribution is 2.20. The third-order valence-corrected chi connectivity index (χ3v) is 6.85. The van der Waals surface area contributed by atoms with Crippen LogP contribution in [-0.2, 0) is 14.8 Å². The van der Waals surface area contributed by atoms with Gasteiger partial charge in [0.05, 0.1) is 6.04 Å². The summed E-state index contributed by atoms with van der Waals surface area (Å²) in [4.78, 5) is 25.4. The summed E-state index contributed by atoms with van der Waals surface area (Å²) in [6.45, 7) is 4.05. The van der Waals surface area contributed by atoms with Gasteiger partial charge in [-0.25, -0.2) is 8.42 Å². The topological polar surface area (TPSA) is 126 Å². The van der Waals surface area contributed by atoms with Crippen LogP contribution in [0.15, 0.2) is 52.0 Å². The zero-order valence-corrected chi connectivity index (χ0v) is 17.6. The summed E-state index contributed by atoms with van der Waals surface area (Å²) in [5.41, 5.74) is 6.15. The maximum absolute atomic E-state index is 12.6. The van der Waals surface area contributed by atoms with Gasteiger partial charge in [-0.05, 0) is 24.6 Å². The number of carbonyl (C=O) groups is 2. The van der Waals surface area contributed by atoms with Gasteiger partial charge in [-0.3, -0.25) is 9.59 Å². The Morgan fingerprint density at radius 2 is 1.77 bits per heavy atom. The van der Waals surface area contributed by atoms with Gasteiger partial charge in [0.15, 0.2) is 5.76 Å². The highest BCUT2D eigenvalue weighted by atomic mass is 32.2. The Kier molecular flexibility index (Phi) is 6.91. The highest BCUT2D eigenvalue weighted by molar-refractivity contribution is 7.89. The first-order valence-electron chi connectivity index (χ1n) is 9.74. The number of furan rings is 1. The molecule has 0 aliphatic carbocycles. The highest BCUT2D eigenvalue weighted by Gasteiger charge is 2.31. The van der Waals surface area contributed by atoms with Crippen molar-refractivity contribution in [3.63, 3.8) is 0 Å². The van der Waals surface area contributed by atoms with Crippen molar-refractivity contribution in [1.82, 2.24) is 14.5 Å². The van der Waals surface area contributed by atoms with Crippen molar-refractivity contribution in [2.24, 2.45) is 5.73 Å². The molecule has 0 bridgehead atoms. The van der Waals surface area contributed by atoms with Crippen molar-refractivity contribution in [2.45, 2.75) is 24.5 Å². The number of carbonyl (C=O) groups excluding carboxylic acids is 2. The van der Waals surface area contributed by atoms with Crippen LogP contribution < -0.4 is 11.1 Å². The van der Waals surface area contributed by atoms with E-state index < -0.39 is 15.9 Å². The quantitative estimate of drug-likeness (QED) is 0.637. The van der Waals surface area contributed by atoms with E-state index in [4.69, 9.17) is 10.2 Å². The van der Waals surface area contributed by atoms with Gasteiger partial charge in [0.25, 0.3) is 15.9 Å². The first-order valence-corrected chi connectivity index (χ1v) is 11.2. The molecule has 1 aromatic heterocycles. The molecule has 2 heterocycles. The van der Waals surface area contributed by atoms with Crippen LogP contribution in [0.25, 0.3) is 0 Å². The summed E-state index contributed by atoms with van der Waals surface area (Å²) in [5, 5.41) is 2.69. The second-order valence-corrected chi connectivity index (χ2v) is 9.05. The predicted octanol–water partition coefficient (Wildman–Crippen LogP) is 0.952. The van der Waals surface area contributed by atoms with Gasteiger partial charge in [-0.15, -0.1) is 0 Å². The fourth-order valence-corrected chi connectivity index (χ4v) is 4.64. The minimum Gasteiger partial charge on any atom is -0.438 e. The second-order valence-electron chi connectivity index (χ2n) is 7.18. The van der Waals surface area contributed by atoms with Crippen LogP contribution in [0.4, 0.5) is 0 Å². The molecule has 2 aromatic rings. The minimum atomic E-state index is -3.82. The Morgan fingerprint density at radius 3 is 2.37 bits per heavy atom. The number of nitrogens with zero attached hydrogens (tertiary/aromatic N) is 2. The average molecular weight is 435 g/mol. The lowest BCUT2D eigenvalue weighted by Gasteiger charge is -2.33. The van der Waals surface area contributed by atoms with Crippen LogP contribution in [0.2, 0.25) is 0 Å². The Balaban J connectivity index is 1.46. The summed E-state index contributed by atoms with van der Waals surface area (Å²) in [6.07, 6.45) is 0.337. The lowest BCUT2D eigenvalue weighted by atomic mass is 10.1. The average Bonchev–Trinajstić information content (AvgIpc) is 3.25. The van der Waals surface area contributed by atoms with E-state index >= 15 is 0 Å². The molecule has 1 aliphatic rings. The van der Waals surface area contributed by atoms with Gasteiger partial charge < -0.3 is 20.4 Å². The van der Waals surface area contributed by atoms with Gasteiger partial charge in [0.2, 0.25) is 11.0 Å². The number of rotatable bonds is 8. The van der Waals surface area contributed by atoms with Gasteiger partial charge in [-0.2, -0.15) is 4.31 Å². The summed E-state index contributed by atoms with van der Waals surface area (Å²) < 4.78 is 31.7. The normalized spacial score (nSPS) is 16.8. The molecule has 1 atom stereocenters. The van der Waals surface area contributed by atoms with Crippen molar-refractivity contribution in [1.29, 1.82) is 0 Å². The largest absolute Gasteiger partial charge is 0.438 e. The van der Waals surface area contributed by atoms with Crippen molar-refractivity contribution in [2.75, 3.05) is 32.7 Å². The van der Waals surface area contributed by atoms with Crippen LogP contribution in [0.3, 0.4) is 0 Å². The number of benzene rings is 1. The monoisotopic (exact) mass is 434 g/mol. The van der Waals surface area contributed by atoms with E-state index in [0.717, 1.165) is 5.56 Å². The molecule has 1 saturated heterocycles. The molecule has 3 rings (SSSR count). The van der Waals surface area contributed by atoms with Gasteiger partial charge >= 0.3 is 0 Å². The number of nitrogens with one attached hydrogen (secondary N) is 1. The number of amides is 2. The summed E-state index contributed by atoms with van der Waals surface area (Å²) in [5.74, 6) is -1.06. The maximum Gasteiger partial charge on any atom is 0.284 e. The summed E-state index contributed by atoms with van der Waals surface area (Å²) >= 11 is 0. The molecule has 1 aliphatic heterocycles. The summed E-state index contributed by atoms with van der Waals surface area (Å²) in [6, 6.07) is 12.2. The number of hydrogen-bond acceptors (Lipinski definition) is 6. The Bertz CT molecular complexity index is 982. The van der Waals surface area contributed by atoms with Crippen molar-refractivity contribution >= 4 is 21.8 Å². The predicted molar refractivity (Wildman–Crippen MR) is 110 cm³/mol. The van der Waals surface area contributed by atoms with E-state index in [1.807, 2.05) is 37.3 Å². The Labute approximate surface area is 175 Å². The van der Waals surface area contributed by atoms with E-state index in [9.17, 15) is 18.0 Å². The van der Waals surface area contributed by atoms with Crippen LogP contribution in [-0.4, -0.2) is 62.2 Å². The second kappa shape index (κ2) is 9.41. The van der Waals surface area contributed by atoms with Crippen LogP contribution in [0, 0.1) is 0 Å². The van der Waals surface area contributed by atoms with E-state index in [1.54, 1.807) is 0 Å². The van der Waals surface area contributed by atoms with Crippen LogP contribution in [0.5, 0.6) is 0 Å². The molecule has 30 heavy (non-hydrogen) atoms. The molecule has 1 fully saturated rings. The van der Waals surface area contributed by atoms with Crippen LogP contribution in [0.1, 0.15) is 35.5 Å². The number of nitrogens with two attached hydrogens (primary N) is 1. The number of primary amides is 1. The smallest absolute Gasteiger partial charge is 0.284 e. The van der Waals surface area contributed by atoms with Crippen molar-refractivity contribution in [3.05, 3.63) is 53.8 Å². The van der Waals surface area contributed by atoms with Gasteiger partial charge in [0.1, 0.15) is 0 Å². The maximum atomic E-state index is 12.6. The minimum absolute atomic E-state index is 0.0454. The van der Waals surface area contributed by atoms with E-state index in [0.29, 0.717) is 26.1 Å². The van der Waals surface area contributed by atoms with E-state index in [2.05, 4.69) is 10.2 Å². The van der Waals surface area contributed by atoms with Crippen LogP contribution >= 0.6 is 0 Å². The number of sulfonamides is 1. The van der Waals surface area contributed by atoms with Gasteiger partial charge in [0, 0.05) is 39.1 Å². The molecule has 2 amide bonds. The standard InChI is InChI=1S/C20H26N4O5S/c1-15(16-5-3-2-4-6-16)22-18(25)9-10-23-11-13-24(14-12-23)30(27,28)19-8-7-17(29-19)20(21)26/h2-8,15H,9-14H2,1H3,(H2,21,26)(H,22,25). The molecule has 1 aromatic carbocycles. The molecule has 3 N–H and O–H groups in total. The molecule has 0 radical (unpaired) electrons. The number of piperazine rings is 1. The Morgan fingerprint density at radius 1 is 1.10 bits per heavy atom. The zero-order valence-electron chi connectivity index (χ0n) is 16.8.